The number of nitrogens with one attached hydrogen (secondary N) is 1. The van der Waals surface area contributed by atoms with Gasteiger partial charge in [-0.15, -0.1) is 0 Å². The molecule has 2 fully saturated rings. The summed E-state index contributed by atoms with van der Waals surface area (Å²) in [6, 6.07) is 10.1. The van der Waals surface area contributed by atoms with Gasteiger partial charge in [0.05, 0.1) is 7.11 Å². The molecular formula is C19H23N3O2. The van der Waals surface area contributed by atoms with E-state index in [4.69, 9.17) is 4.74 Å². The Morgan fingerprint density at radius 1 is 1.29 bits per heavy atom. The van der Waals surface area contributed by atoms with Gasteiger partial charge in [-0.05, 0) is 48.9 Å². The van der Waals surface area contributed by atoms with Crippen molar-refractivity contribution in [1.82, 2.24) is 15.1 Å². The van der Waals surface area contributed by atoms with Crippen LogP contribution in [-0.2, 0) is 4.79 Å². The third kappa shape index (κ3) is 2.90. The Hall–Kier alpha value is -2.30. The molecule has 5 heteroatoms. The predicted octanol–water partition coefficient (Wildman–Crippen LogP) is 2.93. The minimum Gasteiger partial charge on any atom is -0.497 e. The Morgan fingerprint density at radius 3 is 2.83 bits per heavy atom. The lowest BCUT2D eigenvalue weighted by Gasteiger charge is -2.32. The fraction of sp³-hybridized carbons (Fsp3) is 0.474. The molecule has 1 aromatic heterocycles. The van der Waals surface area contributed by atoms with Crippen LogP contribution in [0, 0.1) is 5.92 Å². The fourth-order valence-electron chi connectivity index (χ4n) is 3.85. The van der Waals surface area contributed by atoms with Gasteiger partial charge in [0.25, 0.3) is 0 Å². The van der Waals surface area contributed by atoms with Gasteiger partial charge in [-0.25, -0.2) is 0 Å². The molecule has 0 spiro atoms. The molecule has 2 aromatic rings. The minimum atomic E-state index is 0.152. The highest BCUT2D eigenvalue weighted by Crippen LogP contribution is 2.49. The maximum atomic E-state index is 12.9. The van der Waals surface area contributed by atoms with Gasteiger partial charge in [0.15, 0.2) is 0 Å². The summed E-state index contributed by atoms with van der Waals surface area (Å²) in [6.45, 7) is 1.70. The molecule has 2 heterocycles. The summed E-state index contributed by atoms with van der Waals surface area (Å²) >= 11 is 0. The summed E-state index contributed by atoms with van der Waals surface area (Å²) in [5, 5.41) is 7.10. The highest BCUT2D eigenvalue weighted by Gasteiger charge is 2.46. The Bertz CT molecular complexity index is 696. The monoisotopic (exact) mass is 325 g/mol. The Balaban J connectivity index is 1.39. The second kappa shape index (κ2) is 6.30. The number of aromatic nitrogens is 2. The van der Waals surface area contributed by atoms with E-state index in [9.17, 15) is 4.79 Å². The molecule has 24 heavy (non-hydrogen) atoms. The van der Waals surface area contributed by atoms with Gasteiger partial charge in [-0.1, -0.05) is 12.1 Å². The van der Waals surface area contributed by atoms with Crippen molar-refractivity contribution in [1.29, 1.82) is 0 Å². The van der Waals surface area contributed by atoms with Crippen LogP contribution < -0.4 is 4.74 Å². The molecule has 1 saturated heterocycles. The van der Waals surface area contributed by atoms with Crippen LogP contribution in [0.5, 0.6) is 5.75 Å². The van der Waals surface area contributed by atoms with Crippen LogP contribution in [0.1, 0.15) is 42.4 Å². The number of nitrogens with zero attached hydrogens (tertiary/aromatic N) is 2. The van der Waals surface area contributed by atoms with Crippen LogP contribution in [0.25, 0.3) is 0 Å². The molecule has 126 valence electrons. The summed E-state index contributed by atoms with van der Waals surface area (Å²) in [5.74, 6) is 2.10. The standard InChI is InChI=1S/C19H23N3O2/c1-24-15-6-4-13(5-7-15)16-11-17(16)19(23)22-10-2-3-14(12-22)18-8-9-20-21-18/h4-9,14,16-17H,2-3,10-12H2,1H3,(H,20,21)/t14-,16+,17-/m1/s1. The van der Waals surface area contributed by atoms with Crippen LogP contribution >= 0.6 is 0 Å². The quantitative estimate of drug-likeness (QED) is 0.940. The van der Waals surface area contributed by atoms with Crippen LogP contribution in [0.3, 0.4) is 0 Å². The molecule has 1 N–H and O–H groups in total. The fourth-order valence-corrected chi connectivity index (χ4v) is 3.85. The van der Waals surface area contributed by atoms with Gasteiger partial charge < -0.3 is 9.64 Å². The highest BCUT2D eigenvalue weighted by molar-refractivity contribution is 5.83. The summed E-state index contributed by atoms with van der Waals surface area (Å²) in [7, 11) is 1.67. The van der Waals surface area contributed by atoms with E-state index in [2.05, 4.69) is 27.2 Å². The van der Waals surface area contributed by atoms with E-state index in [1.165, 1.54) is 5.56 Å². The van der Waals surface area contributed by atoms with Crippen molar-refractivity contribution in [3.63, 3.8) is 0 Å². The lowest BCUT2D eigenvalue weighted by Crippen LogP contribution is -2.40. The normalized spacial score (nSPS) is 26.2. The van der Waals surface area contributed by atoms with E-state index in [0.717, 1.165) is 43.8 Å². The van der Waals surface area contributed by atoms with Gasteiger partial charge in [-0.2, -0.15) is 5.10 Å². The summed E-state index contributed by atoms with van der Waals surface area (Å²) in [4.78, 5) is 14.9. The van der Waals surface area contributed by atoms with E-state index >= 15 is 0 Å². The van der Waals surface area contributed by atoms with E-state index in [1.54, 1.807) is 13.3 Å². The second-order valence-electron chi connectivity index (χ2n) is 6.86. The maximum absolute atomic E-state index is 12.9. The first-order valence-electron chi connectivity index (χ1n) is 8.68. The number of likely N-dealkylation sites (tertiary alicyclic amines) is 1. The van der Waals surface area contributed by atoms with E-state index in [1.807, 2.05) is 18.2 Å². The van der Waals surface area contributed by atoms with Crippen LogP contribution in [0.15, 0.2) is 36.5 Å². The topological polar surface area (TPSA) is 58.2 Å². The third-order valence-electron chi connectivity index (χ3n) is 5.35. The zero-order chi connectivity index (χ0) is 16.5. The lowest BCUT2D eigenvalue weighted by atomic mass is 9.94. The first kappa shape index (κ1) is 15.2. The van der Waals surface area contributed by atoms with Gasteiger partial charge >= 0.3 is 0 Å². The molecule has 1 aliphatic carbocycles. The maximum Gasteiger partial charge on any atom is 0.226 e. The minimum absolute atomic E-state index is 0.152. The van der Waals surface area contributed by atoms with Crippen molar-refractivity contribution in [2.75, 3.05) is 20.2 Å². The molecule has 1 aromatic carbocycles. The number of hydrogen-bond donors (Lipinski definition) is 1. The number of carbonyl (C=O) groups is 1. The number of piperidine rings is 1. The van der Waals surface area contributed by atoms with E-state index < -0.39 is 0 Å². The zero-order valence-corrected chi connectivity index (χ0v) is 13.9. The van der Waals surface area contributed by atoms with Crippen LogP contribution in [0.4, 0.5) is 0 Å². The zero-order valence-electron chi connectivity index (χ0n) is 13.9. The molecule has 3 atom stereocenters. The third-order valence-corrected chi connectivity index (χ3v) is 5.35. The van der Waals surface area contributed by atoms with Crippen molar-refractivity contribution in [2.24, 2.45) is 5.92 Å². The SMILES string of the molecule is COc1ccc([C@@H]2C[C@H]2C(=O)N2CCC[C@@H](c3ccn[nH]3)C2)cc1. The Kier molecular flexibility index (Phi) is 4.00. The van der Waals surface area contributed by atoms with Crippen molar-refractivity contribution in [3.05, 3.63) is 47.8 Å². The molecule has 0 bridgehead atoms. The number of hydrogen-bond acceptors (Lipinski definition) is 3. The number of rotatable bonds is 4. The van der Waals surface area contributed by atoms with Crippen molar-refractivity contribution in [2.45, 2.75) is 31.1 Å². The number of amides is 1. The van der Waals surface area contributed by atoms with Crippen molar-refractivity contribution < 1.29 is 9.53 Å². The Labute approximate surface area is 142 Å². The van der Waals surface area contributed by atoms with Gasteiger partial charge in [0.2, 0.25) is 5.91 Å². The first-order chi connectivity index (χ1) is 11.8. The number of methoxy groups -OCH3 is 1. The molecular weight excluding hydrogens is 302 g/mol. The lowest BCUT2D eigenvalue weighted by molar-refractivity contribution is -0.133. The predicted molar refractivity (Wildman–Crippen MR) is 91.0 cm³/mol. The van der Waals surface area contributed by atoms with E-state index in [-0.39, 0.29) is 5.92 Å². The molecule has 0 radical (unpaired) electrons. The number of ether oxygens (including phenoxy) is 1. The van der Waals surface area contributed by atoms with Gasteiger partial charge in [0, 0.05) is 36.8 Å². The molecule has 4 rings (SSSR count). The number of H-pyrrole nitrogens is 1. The van der Waals surface area contributed by atoms with Crippen LogP contribution in [0.2, 0.25) is 0 Å². The van der Waals surface area contributed by atoms with E-state index in [0.29, 0.717) is 17.7 Å². The Morgan fingerprint density at radius 2 is 2.12 bits per heavy atom. The van der Waals surface area contributed by atoms with Crippen LogP contribution in [-0.4, -0.2) is 41.2 Å². The van der Waals surface area contributed by atoms with Gasteiger partial charge in [-0.3, -0.25) is 9.89 Å². The number of aromatic amines is 1. The summed E-state index contributed by atoms with van der Waals surface area (Å²) in [6.07, 6.45) is 4.95. The smallest absolute Gasteiger partial charge is 0.226 e. The average molecular weight is 325 g/mol. The molecule has 0 unspecified atom stereocenters. The largest absolute Gasteiger partial charge is 0.497 e. The van der Waals surface area contributed by atoms with Crippen molar-refractivity contribution in [3.8, 4) is 5.75 Å². The number of benzene rings is 1. The van der Waals surface area contributed by atoms with Crippen molar-refractivity contribution >= 4 is 5.91 Å². The summed E-state index contributed by atoms with van der Waals surface area (Å²) in [5.41, 5.74) is 2.39. The first-order valence-corrected chi connectivity index (χ1v) is 8.68. The number of carbonyl (C=O) groups excluding carboxylic acids is 1. The summed E-state index contributed by atoms with van der Waals surface area (Å²) < 4.78 is 5.20. The molecule has 1 saturated carbocycles. The molecule has 5 nitrogen and oxygen atoms in total. The molecule has 1 aliphatic heterocycles. The molecule has 2 aliphatic rings. The second-order valence-corrected chi connectivity index (χ2v) is 6.86. The van der Waals surface area contributed by atoms with Gasteiger partial charge in [0.1, 0.15) is 5.75 Å². The average Bonchev–Trinajstić information content (AvgIpc) is 3.25. The molecule has 1 amide bonds. The highest BCUT2D eigenvalue weighted by atomic mass is 16.5.